The van der Waals surface area contributed by atoms with Crippen molar-refractivity contribution in [2.75, 3.05) is 13.2 Å². The molecule has 0 aliphatic carbocycles. The lowest BCUT2D eigenvalue weighted by atomic mass is 10.1. The smallest absolute Gasteiger partial charge is 0.339 e. The molecule has 0 spiro atoms. The number of unbranched alkanes of at least 4 members (excludes halogenated alkanes) is 2. The summed E-state index contributed by atoms with van der Waals surface area (Å²) in [4.78, 5) is 24.3. The molecule has 122 valence electrons. The minimum absolute atomic E-state index is 0.130. The van der Waals surface area contributed by atoms with Crippen LogP contribution in [0.1, 0.15) is 60.2 Å². The molecule has 0 aliphatic heterocycles. The third kappa shape index (κ3) is 5.61. The summed E-state index contributed by atoms with van der Waals surface area (Å²) in [6, 6.07) is 2.92. The highest BCUT2D eigenvalue weighted by molar-refractivity contribution is 9.10. The van der Waals surface area contributed by atoms with Crippen molar-refractivity contribution in [1.29, 1.82) is 0 Å². The molecule has 0 amide bonds. The SMILES string of the molecule is CCCCOC(=O)c1cc(Cl)c(Br)cc1C(=O)OCCCC. The Hall–Kier alpha value is -1.07. The summed E-state index contributed by atoms with van der Waals surface area (Å²) in [6.45, 7) is 4.64. The molecule has 0 heterocycles. The molecule has 0 fully saturated rings. The number of carbonyl (C=O) groups excluding carboxylic acids is 2. The fraction of sp³-hybridized carbons (Fsp3) is 0.500. The first-order chi connectivity index (χ1) is 10.5. The van der Waals surface area contributed by atoms with Crippen LogP contribution in [-0.2, 0) is 9.47 Å². The number of esters is 2. The molecule has 0 saturated carbocycles. The zero-order valence-corrected chi connectivity index (χ0v) is 15.1. The van der Waals surface area contributed by atoms with Crippen molar-refractivity contribution >= 4 is 39.5 Å². The molecular weight excluding hydrogens is 372 g/mol. The van der Waals surface area contributed by atoms with E-state index in [2.05, 4.69) is 15.9 Å². The fourth-order valence-electron chi connectivity index (χ4n) is 1.66. The summed E-state index contributed by atoms with van der Waals surface area (Å²) < 4.78 is 10.9. The van der Waals surface area contributed by atoms with Gasteiger partial charge in [0.15, 0.2) is 0 Å². The van der Waals surface area contributed by atoms with Gasteiger partial charge in [0.05, 0.1) is 29.4 Å². The van der Waals surface area contributed by atoms with Crippen LogP contribution < -0.4 is 0 Å². The monoisotopic (exact) mass is 390 g/mol. The first kappa shape index (κ1) is 19.0. The maximum Gasteiger partial charge on any atom is 0.339 e. The highest BCUT2D eigenvalue weighted by Crippen LogP contribution is 2.27. The quantitative estimate of drug-likeness (QED) is 0.461. The maximum atomic E-state index is 12.1. The number of rotatable bonds is 8. The van der Waals surface area contributed by atoms with Crippen LogP contribution in [0.25, 0.3) is 0 Å². The lowest BCUT2D eigenvalue weighted by molar-refractivity contribution is 0.0452. The molecule has 0 saturated heterocycles. The standard InChI is InChI=1S/C16H20BrClO4/c1-3-5-7-21-15(19)11-9-13(17)14(18)10-12(11)16(20)22-8-6-4-2/h9-10H,3-8H2,1-2H3. The minimum Gasteiger partial charge on any atom is -0.462 e. The molecule has 1 rings (SSSR count). The molecule has 0 aromatic heterocycles. The molecule has 0 N–H and O–H groups in total. The highest BCUT2D eigenvalue weighted by atomic mass is 79.9. The summed E-state index contributed by atoms with van der Waals surface area (Å²) in [6.07, 6.45) is 3.38. The first-order valence-corrected chi connectivity index (χ1v) is 8.51. The van der Waals surface area contributed by atoms with Crippen molar-refractivity contribution in [3.8, 4) is 0 Å². The molecule has 0 bridgehead atoms. The number of halogens is 2. The average Bonchev–Trinajstić information content (AvgIpc) is 2.49. The van der Waals surface area contributed by atoms with E-state index in [9.17, 15) is 9.59 Å². The van der Waals surface area contributed by atoms with E-state index >= 15 is 0 Å². The molecule has 22 heavy (non-hydrogen) atoms. The van der Waals surface area contributed by atoms with Crippen LogP contribution in [0, 0.1) is 0 Å². The number of hydrogen-bond acceptors (Lipinski definition) is 4. The van der Waals surface area contributed by atoms with Gasteiger partial charge in [-0.2, -0.15) is 0 Å². The van der Waals surface area contributed by atoms with Crippen molar-refractivity contribution in [3.05, 3.63) is 32.8 Å². The van der Waals surface area contributed by atoms with Gasteiger partial charge in [0.25, 0.3) is 0 Å². The molecule has 0 atom stereocenters. The zero-order valence-electron chi connectivity index (χ0n) is 12.8. The van der Waals surface area contributed by atoms with Gasteiger partial charge in [-0.05, 0) is 40.9 Å². The second-order valence-electron chi connectivity index (χ2n) is 4.79. The Bertz CT molecular complexity index is 484. The van der Waals surface area contributed by atoms with E-state index in [0.29, 0.717) is 22.7 Å². The minimum atomic E-state index is -0.565. The molecule has 1 aromatic carbocycles. The molecule has 0 aliphatic rings. The Balaban J connectivity index is 2.96. The van der Waals surface area contributed by atoms with Gasteiger partial charge in [-0.15, -0.1) is 0 Å². The second kappa shape index (κ2) is 9.85. The van der Waals surface area contributed by atoms with Crippen molar-refractivity contribution in [2.24, 2.45) is 0 Å². The van der Waals surface area contributed by atoms with Gasteiger partial charge in [-0.25, -0.2) is 9.59 Å². The third-order valence-corrected chi connectivity index (χ3v) is 4.16. The van der Waals surface area contributed by atoms with E-state index in [1.54, 1.807) is 0 Å². The van der Waals surface area contributed by atoms with Crippen LogP contribution in [0.3, 0.4) is 0 Å². The largest absolute Gasteiger partial charge is 0.462 e. The Morgan fingerprint density at radius 2 is 1.45 bits per heavy atom. The van der Waals surface area contributed by atoms with Crippen LogP contribution in [0.4, 0.5) is 0 Å². The number of ether oxygens (including phenoxy) is 2. The number of carbonyl (C=O) groups is 2. The average molecular weight is 392 g/mol. The van der Waals surface area contributed by atoms with Crippen LogP contribution >= 0.6 is 27.5 Å². The Morgan fingerprint density at radius 1 is 1.00 bits per heavy atom. The van der Waals surface area contributed by atoms with Gasteiger partial charge in [0.2, 0.25) is 0 Å². The van der Waals surface area contributed by atoms with Crippen molar-refractivity contribution < 1.29 is 19.1 Å². The maximum absolute atomic E-state index is 12.1. The zero-order chi connectivity index (χ0) is 16.5. The topological polar surface area (TPSA) is 52.6 Å². The third-order valence-electron chi connectivity index (χ3n) is 2.96. The van der Waals surface area contributed by atoms with E-state index in [1.165, 1.54) is 12.1 Å². The van der Waals surface area contributed by atoms with Crippen molar-refractivity contribution in [3.63, 3.8) is 0 Å². The first-order valence-electron chi connectivity index (χ1n) is 7.34. The summed E-state index contributed by atoms with van der Waals surface area (Å²) in [5, 5.41) is 0.340. The highest BCUT2D eigenvalue weighted by Gasteiger charge is 2.21. The lowest BCUT2D eigenvalue weighted by Crippen LogP contribution is -2.15. The van der Waals surface area contributed by atoms with Crippen molar-refractivity contribution in [1.82, 2.24) is 0 Å². The van der Waals surface area contributed by atoms with Gasteiger partial charge < -0.3 is 9.47 Å². The van der Waals surface area contributed by atoms with Gasteiger partial charge in [0, 0.05) is 4.47 Å². The van der Waals surface area contributed by atoms with Crippen LogP contribution in [0.15, 0.2) is 16.6 Å². The van der Waals surface area contributed by atoms with Crippen molar-refractivity contribution in [2.45, 2.75) is 39.5 Å². The predicted molar refractivity (Wildman–Crippen MR) is 89.5 cm³/mol. The lowest BCUT2D eigenvalue weighted by Gasteiger charge is -2.11. The summed E-state index contributed by atoms with van der Waals surface area (Å²) in [5.74, 6) is -1.11. The van der Waals surface area contributed by atoms with E-state index in [-0.39, 0.29) is 11.1 Å². The fourth-order valence-corrected chi connectivity index (χ4v) is 2.17. The van der Waals surface area contributed by atoms with E-state index in [0.717, 1.165) is 25.7 Å². The van der Waals surface area contributed by atoms with Gasteiger partial charge >= 0.3 is 11.9 Å². The van der Waals surface area contributed by atoms with Crippen LogP contribution in [0.5, 0.6) is 0 Å². The van der Waals surface area contributed by atoms with Gasteiger partial charge in [-0.3, -0.25) is 0 Å². The Morgan fingerprint density at radius 3 is 1.91 bits per heavy atom. The van der Waals surface area contributed by atoms with E-state index in [1.807, 2.05) is 13.8 Å². The molecule has 0 unspecified atom stereocenters. The van der Waals surface area contributed by atoms with Crippen LogP contribution in [0.2, 0.25) is 5.02 Å². The molecule has 4 nitrogen and oxygen atoms in total. The van der Waals surface area contributed by atoms with E-state index < -0.39 is 11.9 Å². The second-order valence-corrected chi connectivity index (χ2v) is 6.05. The predicted octanol–water partition coefficient (Wildman–Crippen LogP) is 5.02. The Labute approximate surface area is 144 Å². The molecule has 6 heteroatoms. The number of hydrogen-bond donors (Lipinski definition) is 0. The summed E-state index contributed by atoms with van der Waals surface area (Å²) >= 11 is 9.27. The van der Waals surface area contributed by atoms with E-state index in [4.69, 9.17) is 21.1 Å². The summed E-state index contributed by atoms with van der Waals surface area (Å²) in [7, 11) is 0. The van der Waals surface area contributed by atoms with Gasteiger partial charge in [0.1, 0.15) is 0 Å². The molecule has 1 aromatic rings. The summed E-state index contributed by atoms with van der Waals surface area (Å²) in [5.41, 5.74) is 0.291. The normalized spacial score (nSPS) is 10.4. The van der Waals surface area contributed by atoms with Gasteiger partial charge in [-0.1, -0.05) is 38.3 Å². The number of benzene rings is 1. The molecule has 0 radical (unpaired) electrons. The Kier molecular flexibility index (Phi) is 8.49. The molecular formula is C16H20BrClO4. The van der Waals surface area contributed by atoms with Crippen LogP contribution in [-0.4, -0.2) is 25.2 Å².